The lowest BCUT2D eigenvalue weighted by atomic mass is 10.2. The molecule has 1 aliphatic rings. The van der Waals surface area contributed by atoms with Crippen LogP contribution in [0.5, 0.6) is 0 Å². The number of hydrogen-bond acceptors (Lipinski definition) is 5. The van der Waals surface area contributed by atoms with Crippen molar-refractivity contribution in [1.82, 2.24) is 14.3 Å². The Balaban J connectivity index is 2.18. The third-order valence-electron chi connectivity index (χ3n) is 3.61. The van der Waals surface area contributed by atoms with Gasteiger partial charge in [-0.15, -0.1) is 0 Å². The van der Waals surface area contributed by atoms with E-state index in [2.05, 4.69) is 9.97 Å². The van der Waals surface area contributed by atoms with E-state index in [1.54, 1.807) is 13.0 Å². The second-order valence-corrected chi connectivity index (χ2v) is 6.99. The molecule has 9 heteroatoms. The standard InChI is InChI=1S/C13H15N3O5S/c1-8-6-9-10(15-13(18)12(17)14-9)7-11(8)22(19,20)16-2-4-21-5-3-16/h6-7H,2-5H2,1H3,(H,14,17)(H,15,18). The maximum atomic E-state index is 12.7. The van der Waals surface area contributed by atoms with Crippen molar-refractivity contribution in [1.29, 1.82) is 0 Å². The monoisotopic (exact) mass is 325 g/mol. The van der Waals surface area contributed by atoms with Crippen molar-refractivity contribution in [3.63, 3.8) is 0 Å². The van der Waals surface area contributed by atoms with Crippen molar-refractivity contribution in [2.45, 2.75) is 11.8 Å². The first-order chi connectivity index (χ1) is 10.4. The van der Waals surface area contributed by atoms with Crippen LogP contribution < -0.4 is 11.1 Å². The van der Waals surface area contributed by atoms with Crippen molar-refractivity contribution in [3.05, 3.63) is 38.4 Å². The molecule has 2 aromatic rings. The van der Waals surface area contributed by atoms with E-state index in [1.807, 2.05) is 0 Å². The maximum absolute atomic E-state index is 12.7. The summed E-state index contributed by atoms with van der Waals surface area (Å²) in [5, 5.41) is 0. The van der Waals surface area contributed by atoms with E-state index >= 15 is 0 Å². The number of morpholine rings is 1. The number of sulfonamides is 1. The van der Waals surface area contributed by atoms with Crippen LogP contribution in [0.3, 0.4) is 0 Å². The molecule has 0 bridgehead atoms. The number of aromatic nitrogens is 2. The summed E-state index contributed by atoms with van der Waals surface area (Å²) in [5.74, 6) is 0. The Hall–Kier alpha value is -1.97. The average molecular weight is 325 g/mol. The van der Waals surface area contributed by atoms with Gasteiger partial charge in [0.2, 0.25) is 10.0 Å². The number of ether oxygens (including phenoxy) is 1. The van der Waals surface area contributed by atoms with Crippen LogP contribution in [0, 0.1) is 6.92 Å². The molecule has 8 nitrogen and oxygen atoms in total. The Bertz CT molecular complexity index is 938. The van der Waals surface area contributed by atoms with Gasteiger partial charge in [-0.1, -0.05) is 0 Å². The molecule has 0 radical (unpaired) electrons. The van der Waals surface area contributed by atoms with Crippen LogP contribution in [-0.4, -0.2) is 49.0 Å². The first kappa shape index (κ1) is 14.9. The average Bonchev–Trinajstić information content (AvgIpc) is 2.49. The molecule has 0 spiro atoms. The van der Waals surface area contributed by atoms with E-state index in [0.29, 0.717) is 37.4 Å². The minimum atomic E-state index is -3.67. The summed E-state index contributed by atoms with van der Waals surface area (Å²) >= 11 is 0. The Morgan fingerprint density at radius 2 is 1.59 bits per heavy atom. The van der Waals surface area contributed by atoms with Crippen LogP contribution in [0.15, 0.2) is 26.6 Å². The van der Waals surface area contributed by atoms with Gasteiger partial charge in [0.05, 0.1) is 29.1 Å². The normalized spacial score (nSPS) is 17.0. The quantitative estimate of drug-likeness (QED) is 0.726. The number of H-pyrrole nitrogens is 2. The molecule has 2 heterocycles. The summed E-state index contributed by atoms with van der Waals surface area (Å²) in [6.07, 6.45) is 0. The Labute approximate surface area is 125 Å². The molecule has 1 fully saturated rings. The van der Waals surface area contributed by atoms with Gasteiger partial charge < -0.3 is 14.7 Å². The van der Waals surface area contributed by atoms with E-state index in [9.17, 15) is 18.0 Å². The molecule has 1 aromatic heterocycles. The molecule has 1 aliphatic heterocycles. The lowest BCUT2D eigenvalue weighted by Gasteiger charge is -2.26. The van der Waals surface area contributed by atoms with Crippen LogP contribution in [0.4, 0.5) is 0 Å². The fourth-order valence-corrected chi connectivity index (χ4v) is 4.10. The number of nitrogens with zero attached hydrogens (tertiary/aromatic N) is 1. The van der Waals surface area contributed by atoms with Crippen molar-refractivity contribution < 1.29 is 13.2 Å². The Morgan fingerprint density at radius 3 is 2.18 bits per heavy atom. The molecular weight excluding hydrogens is 310 g/mol. The highest BCUT2D eigenvalue weighted by Gasteiger charge is 2.28. The highest BCUT2D eigenvalue weighted by atomic mass is 32.2. The van der Waals surface area contributed by atoms with E-state index in [4.69, 9.17) is 4.74 Å². The van der Waals surface area contributed by atoms with Crippen LogP contribution in [0.1, 0.15) is 5.56 Å². The second kappa shape index (κ2) is 5.34. The molecule has 0 atom stereocenters. The summed E-state index contributed by atoms with van der Waals surface area (Å²) in [6, 6.07) is 2.92. The molecule has 3 rings (SSSR count). The molecule has 22 heavy (non-hydrogen) atoms. The molecule has 0 amide bonds. The van der Waals surface area contributed by atoms with Gasteiger partial charge in [-0.2, -0.15) is 4.31 Å². The van der Waals surface area contributed by atoms with Gasteiger partial charge in [-0.3, -0.25) is 9.59 Å². The van der Waals surface area contributed by atoms with Crippen LogP contribution in [0.2, 0.25) is 0 Å². The number of fused-ring (bicyclic) bond motifs is 1. The fourth-order valence-electron chi connectivity index (χ4n) is 2.46. The van der Waals surface area contributed by atoms with Crippen molar-refractivity contribution >= 4 is 21.1 Å². The lowest BCUT2D eigenvalue weighted by Crippen LogP contribution is -2.40. The predicted molar refractivity (Wildman–Crippen MR) is 79.5 cm³/mol. The van der Waals surface area contributed by atoms with Crippen LogP contribution >= 0.6 is 0 Å². The molecule has 1 aromatic carbocycles. The summed E-state index contributed by atoms with van der Waals surface area (Å²) < 4.78 is 31.9. The van der Waals surface area contributed by atoms with Crippen molar-refractivity contribution in [2.75, 3.05) is 26.3 Å². The van der Waals surface area contributed by atoms with E-state index in [0.717, 1.165) is 0 Å². The molecule has 1 saturated heterocycles. The topological polar surface area (TPSA) is 112 Å². The van der Waals surface area contributed by atoms with E-state index in [-0.39, 0.29) is 10.4 Å². The zero-order valence-electron chi connectivity index (χ0n) is 11.9. The molecule has 0 aliphatic carbocycles. The summed E-state index contributed by atoms with van der Waals surface area (Å²) in [6.45, 7) is 2.95. The second-order valence-electron chi connectivity index (χ2n) is 5.09. The van der Waals surface area contributed by atoms with Crippen LogP contribution in [-0.2, 0) is 14.8 Å². The van der Waals surface area contributed by atoms with Gasteiger partial charge in [0.15, 0.2) is 0 Å². The largest absolute Gasteiger partial charge is 0.379 e. The number of aromatic amines is 2. The van der Waals surface area contributed by atoms with Gasteiger partial charge >= 0.3 is 11.1 Å². The fraction of sp³-hybridized carbons (Fsp3) is 0.385. The molecule has 2 N–H and O–H groups in total. The zero-order valence-corrected chi connectivity index (χ0v) is 12.7. The first-order valence-electron chi connectivity index (χ1n) is 6.74. The van der Waals surface area contributed by atoms with Gasteiger partial charge in [0.25, 0.3) is 0 Å². The third kappa shape index (κ3) is 2.47. The number of benzene rings is 1. The number of aryl methyl sites for hydroxylation is 1. The minimum Gasteiger partial charge on any atom is -0.379 e. The first-order valence-corrected chi connectivity index (χ1v) is 8.18. The number of rotatable bonds is 2. The lowest BCUT2D eigenvalue weighted by molar-refractivity contribution is 0.0730. The van der Waals surface area contributed by atoms with Gasteiger partial charge in [0, 0.05) is 13.1 Å². The SMILES string of the molecule is Cc1cc2[nH]c(=O)c(=O)[nH]c2cc1S(=O)(=O)N1CCOCC1. The molecule has 0 saturated carbocycles. The smallest absolute Gasteiger partial charge is 0.314 e. The highest BCUT2D eigenvalue weighted by Crippen LogP contribution is 2.23. The van der Waals surface area contributed by atoms with E-state index < -0.39 is 21.1 Å². The predicted octanol–water partition coefficient (Wildman–Crippen LogP) is -0.454. The Kier molecular flexibility index (Phi) is 3.63. The van der Waals surface area contributed by atoms with Gasteiger partial charge in [0.1, 0.15) is 0 Å². The molecule has 118 valence electrons. The molecular formula is C13H15N3O5S. The zero-order chi connectivity index (χ0) is 15.9. The Morgan fingerprint density at radius 1 is 1.05 bits per heavy atom. The summed E-state index contributed by atoms with van der Waals surface area (Å²) in [7, 11) is -3.67. The van der Waals surface area contributed by atoms with Crippen molar-refractivity contribution in [3.8, 4) is 0 Å². The summed E-state index contributed by atoms with van der Waals surface area (Å²) in [4.78, 5) is 27.7. The van der Waals surface area contributed by atoms with Gasteiger partial charge in [-0.25, -0.2) is 8.42 Å². The van der Waals surface area contributed by atoms with Crippen LogP contribution in [0.25, 0.3) is 11.0 Å². The minimum absolute atomic E-state index is 0.115. The maximum Gasteiger partial charge on any atom is 0.314 e. The summed E-state index contributed by atoms with van der Waals surface area (Å²) in [5.41, 5.74) is -0.409. The van der Waals surface area contributed by atoms with Gasteiger partial charge in [-0.05, 0) is 24.6 Å². The number of hydrogen-bond donors (Lipinski definition) is 2. The highest BCUT2D eigenvalue weighted by molar-refractivity contribution is 7.89. The molecule has 0 unspecified atom stereocenters. The third-order valence-corrected chi connectivity index (χ3v) is 5.65. The van der Waals surface area contributed by atoms with Crippen molar-refractivity contribution in [2.24, 2.45) is 0 Å². The van der Waals surface area contributed by atoms with E-state index in [1.165, 1.54) is 10.4 Å². The number of nitrogens with one attached hydrogen (secondary N) is 2.